The van der Waals surface area contributed by atoms with Gasteiger partial charge in [0.2, 0.25) is 5.75 Å². The SMILES string of the molecule is CCN(Cc1cccs1)c1ncnc(NN)c1OC. The largest absolute Gasteiger partial charge is 0.490 e. The van der Waals surface area contributed by atoms with E-state index in [9.17, 15) is 0 Å². The second kappa shape index (κ2) is 6.35. The topological polar surface area (TPSA) is 76.3 Å². The van der Waals surface area contributed by atoms with Crippen molar-refractivity contribution in [3.05, 3.63) is 28.7 Å². The van der Waals surface area contributed by atoms with Crippen molar-refractivity contribution in [2.24, 2.45) is 5.84 Å². The third kappa shape index (κ3) is 2.94. The fourth-order valence-corrected chi connectivity index (χ4v) is 2.53. The molecule has 102 valence electrons. The normalized spacial score (nSPS) is 10.3. The van der Waals surface area contributed by atoms with Crippen LogP contribution in [-0.2, 0) is 6.54 Å². The van der Waals surface area contributed by atoms with Crippen LogP contribution in [0, 0.1) is 0 Å². The van der Waals surface area contributed by atoms with Crippen LogP contribution in [0.3, 0.4) is 0 Å². The minimum atomic E-state index is 0.483. The third-order valence-corrected chi connectivity index (χ3v) is 3.60. The first-order valence-corrected chi connectivity index (χ1v) is 6.81. The third-order valence-electron chi connectivity index (χ3n) is 2.73. The quantitative estimate of drug-likeness (QED) is 0.621. The number of thiophene rings is 1. The van der Waals surface area contributed by atoms with E-state index in [0.29, 0.717) is 11.6 Å². The lowest BCUT2D eigenvalue weighted by Gasteiger charge is -2.23. The van der Waals surface area contributed by atoms with Crippen molar-refractivity contribution in [1.82, 2.24) is 9.97 Å². The molecule has 0 bridgehead atoms. The van der Waals surface area contributed by atoms with E-state index in [1.54, 1.807) is 18.4 Å². The molecule has 7 heteroatoms. The highest BCUT2D eigenvalue weighted by Crippen LogP contribution is 2.32. The molecule has 19 heavy (non-hydrogen) atoms. The maximum atomic E-state index is 5.44. The second-order valence-corrected chi connectivity index (χ2v) is 4.85. The van der Waals surface area contributed by atoms with Crippen molar-refractivity contribution in [2.75, 3.05) is 24.0 Å². The van der Waals surface area contributed by atoms with E-state index in [1.165, 1.54) is 11.2 Å². The summed E-state index contributed by atoms with van der Waals surface area (Å²) in [4.78, 5) is 11.7. The van der Waals surface area contributed by atoms with Crippen LogP contribution in [0.1, 0.15) is 11.8 Å². The molecule has 0 fully saturated rings. The van der Waals surface area contributed by atoms with Crippen LogP contribution in [0.2, 0.25) is 0 Å². The van der Waals surface area contributed by atoms with Crippen molar-refractivity contribution in [3.63, 3.8) is 0 Å². The van der Waals surface area contributed by atoms with Crippen LogP contribution in [0.15, 0.2) is 23.8 Å². The van der Waals surface area contributed by atoms with Gasteiger partial charge in [0, 0.05) is 11.4 Å². The summed E-state index contributed by atoms with van der Waals surface area (Å²) < 4.78 is 5.36. The number of hydrogen-bond acceptors (Lipinski definition) is 7. The van der Waals surface area contributed by atoms with Crippen LogP contribution in [0.4, 0.5) is 11.6 Å². The summed E-state index contributed by atoms with van der Waals surface area (Å²) >= 11 is 1.72. The van der Waals surface area contributed by atoms with Gasteiger partial charge in [0.05, 0.1) is 13.7 Å². The lowest BCUT2D eigenvalue weighted by molar-refractivity contribution is 0.412. The molecule has 2 rings (SSSR count). The lowest BCUT2D eigenvalue weighted by Crippen LogP contribution is -2.24. The number of nitrogens with zero attached hydrogens (tertiary/aromatic N) is 3. The Morgan fingerprint density at radius 1 is 1.47 bits per heavy atom. The number of hydrogen-bond donors (Lipinski definition) is 2. The standard InChI is InChI=1S/C12H17N5OS/c1-3-17(7-9-5-4-6-19-9)12-10(18-2)11(16-13)14-8-15-12/h4-6,8H,3,7,13H2,1-2H3,(H,14,15,16). The fraction of sp³-hybridized carbons (Fsp3) is 0.333. The number of aromatic nitrogens is 2. The predicted molar refractivity (Wildman–Crippen MR) is 77.4 cm³/mol. The number of nitrogen functional groups attached to an aromatic ring is 1. The van der Waals surface area contributed by atoms with Crippen molar-refractivity contribution < 1.29 is 4.74 Å². The van der Waals surface area contributed by atoms with E-state index in [0.717, 1.165) is 18.9 Å². The number of nitrogens with two attached hydrogens (primary N) is 1. The highest BCUT2D eigenvalue weighted by molar-refractivity contribution is 7.09. The highest BCUT2D eigenvalue weighted by atomic mass is 32.1. The molecule has 0 aliphatic heterocycles. The summed E-state index contributed by atoms with van der Waals surface area (Å²) in [5, 5.41) is 2.06. The van der Waals surface area contributed by atoms with Gasteiger partial charge in [-0.15, -0.1) is 11.3 Å². The summed E-state index contributed by atoms with van der Waals surface area (Å²) in [5.41, 5.74) is 2.52. The monoisotopic (exact) mass is 279 g/mol. The summed E-state index contributed by atoms with van der Waals surface area (Å²) in [7, 11) is 1.59. The predicted octanol–water partition coefficient (Wildman–Crippen LogP) is 1.86. The number of hydrazine groups is 1. The van der Waals surface area contributed by atoms with Gasteiger partial charge < -0.3 is 15.1 Å². The van der Waals surface area contributed by atoms with Gasteiger partial charge in [0.1, 0.15) is 6.33 Å². The number of methoxy groups -OCH3 is 1. The van der Waals surface area contributed by atoms with Gasteiger partial charge in [-0.05, 0) is 18.4 Å². The van der Waals surface area contributed by atoms with Gasteiger partial charge in [-0.1, -0.05) is 6.07 Å². The van der Waals surface area contributed by atoms with Gasteiger partial charge in [-0.2, -0.15) is 0 Å². The van der Waals surface area contributed by atoms with Crippen molar-refractivity contribution in [3.8, 4) is 5.75 Å². The van der Waals surface area contributed by atoms with Gasteiger partial charge in [0.15, 0.2) is 11.6 Å². The Bertz CT molecular complexity index is 517. The molecule has 0 saturated carbocycles. The Hall–Kier alpha value is -1.86. The van der Waals surface area contributed by atoms with E-state index < -0.39 is 0 Å². The first kappa shape index (κ1) is 13.6. The van der Waals surface area contributed by atoms with Gasteiger partial charge in [-0.3, -0.25) is 0 Å². The molecule has 0 amide bonds. The van der Waals surface area contributed by atoms with Crippen LogP contribution in [0.5, 0.6) is 5.75 Å². The Morgan fingerprint density at radius 2 is 2.32 bits per heavy atom. The zero-order valence-electron chi connectivity index (χ0n) is 11.0. The lowest BCUT2D eigenvalue weighted by atomic mass is 10.3. The first-order chi connectivity index (χ1) is 9.30. The number of ether oxygens (including phenoxy) is 1. The summed E-state index contributed by atoms with van der Waals surface area (Å²) in [6, 6.07) is 4.14. The van der Waals surface area contributed by atoms with Crippen molar-refractivity contribution in [1.29, 1.82) is 0 Å². The minimum Gasteiger partial charge on any atom is -0.490 e. The maximum Gasteiger partial charge on any atom is 0.205 e. The first-order valence-electron chi connectivity index (χ1n) is 5.93. The molecule has 0 saturated heterocycles. The van der Waals surface area contributed by atoms with Crippen LogP contribution in [0.25, 0.3) is 0 Å². The van der Waals surface area contributed by atoms with E-state index >= 15 is 0 Å². The van der Waals surface area contributed by atoms with E-state index in [4.69, 9.17) is 10.6 Å². The fourth-order valence-electron chi connectivity index (χ4n) is 1.81. The molecule has 0 aliphatic rings. The Morgan fingerprint density at radius 3 is 2.89 bits per heavy atom. The second-order valence-electron chi connectivity index (χ2n) is 3.82. The Kier molecular flexibility index (Phi) is 4.53. The van der Waals surface area contributed by atoms with Gasteiger partial charge in [-0.25, -0.2) is 15.8 Å². The molecule has 0 radical (unpaired) electrons. The minimum absolute atomic E-state index is 0.483. The zero-order chi connectivity index (χ0) is 13.7. The van der Waals surface area contributed by atoms with Crippen LogP contribution < -0.4 is 20.9 Å². The molecule has 3 N–H and O–H groups in total. The number of rotatable bonds is 6. The van der Waals surface area contributed by atoms with Gasteiger partial charge in [0.25, 0.3) is 0 Å². The average molecular weight is 279 g/mol. The average Bonchev–Trinajstić information content (AvgIpc) is 2.96. The number of nitrogens with one attached hydrogen (secondary N) is 1. The van der Waals surface area contributed by atoms with Crippen molar-refractivity contribution in [2.45, 2.75) is 13.5 Å². The Labute approximate surface area is 116 Å². The Balaban J connectivity index is 2.32. The molecule has 0 aliphatic carbocycles. The molecule has 2 heterocycles. The summed E-state index contributed by atoms with van der Waals surface area (Å²) in [6.45, 7) is 3.67. The molecule has 0 atom stereocenters. The maximum absolute atomic E-state index is 5.44. The molecule has 0 aromatic carbocycles. The molecule has 0 spiro atoms. The van der Waals surface area contributed by atoms with Crippen LogP contribution in [-0.4, -0.2) is 23.6 Å². The van der Waals surface area contributed by atoms with E-state index in [1.807, 2.05) is 6.07 Å². The molecule has 2 aromatic heterocycles. The molecule has 2 aromatic rings. The zero-order valence-corrected chi connectivity index (χ0v) is 11.8. The smallest absolute Gasteiger partial charge is 0.205 e. The van der Waals surface area contributed by atoms with Crippen LogP contribution >= 0.6 is 11.3 Å². The molecule has 0 unspecified atom stereocenters. The summed E-state index contributed by atoms with van der Waals surface area (Å²) in [6.07, 6.45) is 1.48. The highest BCUT2D eigenvalue weighted by Gasteiger charge is 2.17. The van der Waals surface area contributed by atoms with E-state index in [-0.39, 0.29) is 0 Å². The number of anilines is 2. The summed E-state index contributed by atoms with van der Waals surface area (Å²) in [5.74, 6) is 7.22. The molecular weight excluding hydrogens is 262 g/mol. The van der Waals surface area contributed by atoms with Gasteiger partial charge >= 0.3 is 0 Å². The van der Waals surface area contributed by atoms with E-state index in [2.05, 4.69) is 38.7 Å². The molecular formula is C12H17N5OS. The molecule has 6 nitrogen and oxygen atoms in total. The van der Waals surface area contributed by atoms with Crippen molar-refractivity contribution >= 4 is 23.0 Å².